The lowest BCUT2D eigenvalue weighted by Gasteiger charge is -2.22. The van der Waals surface area contributed by atoms with Crippen LogP contribution in [-0.4, -0.2) is 18.2 Å². The minimum absolute atomic E-state index is 0.490. The summed E-state index contributed by atoms with van der Waals surface area (Å²) in [6, 6.07) is 11.6. The van der Waals surface area contributed by atoms with Gasteiger partial charge in [0.15, 0.2) is 5.11 Å². The fourth-order valence-corrected chi connectivity index (χ4v) is 2.96. The van der Waals surface area contributed by atoms with E-state index in [1.54, 1.807) is 12.1 Å². The Balaban J connectivity index is 2.07. The summed E-state index contributed by atoms with van der Waals surface area (Å²) >= 11 is 17.3. The molecule has 0 aliphatic carbocycles. The number of anilines is 3. The van der Waals surface area contributed by atoms with Gasteiger partial charge in [-0.05, 0) is 75.0 Å². The van der Waals surface area contributed by atoms with Gasteiger partial charge in [0.05, 0.1) is 10.0 Å². The van der Waals surface area contributed by atoms with E-state index in [4.69, 9.17) is 35.4 Å². The Hall–Kier alpha value is -1.49. The second kappa shape index (κ2) is 8.56. The maximum Gasteiger partial charge on any atom is 0.175 e. The van der Waals surface area contributed by atoms with Crippen LogP contribution in [0.3, 0.4) is 0 Å². The molecule has 2 aromatic rings. The largest absolute Gasteiger partial charge is 0.372 e. The third-order valence-corrected chi connectivity index (χ3v) is 4.71. The first-order chi connectivity index (χ1) is 11.4. The zero-order valence-corrected chi connectivity index (χ0v) is 16.3. The molecule has 24 heavy (non-hydrogen) atoms. The molecule has 0 atom stereocenters. The maximum absolute atomic E-state index is 6.02. The lowest BCUT2D eigenvalue weighted by atomic mass is 10.1. The summed E-state index contributed by atoms with van der Waals surface area (Å²) in [5, 5.41) is 7.85. The van der Waals surface area contributed by atoms with Gasteiger partial charge in [0.2, 0.25) is 0 Å². The van der Waals surface area contributed by atoms with Gasteiger partial charge in [-0.15, -0.1) is 0 Å². The SMILES string of the molecule is CCN(CC)c1ccc(NC(=S)Nc2ccc(Cl)c(Cl)c2)c(C)c1. The Labute approximate surface area is 159 Å². The molecule has 0 saturated heterocycles. The van der Waals surface area contributed by atoms with Gasteiger partial charge in [-0.25, -0.2) is 0 Å². The zero-order valence-electron chi connectivity index (χ0n) is 14.0. The van der Waals surface area contributed by atoms with Crippen LogP contribution in [-0.2, 0) is 0 Å². The summed E-state index contributed by atoms with van der Waals surface area (Å²) in [5.74, 6) is 0. The van der Waals surface area contributed by atoms with Crippen LogP contribution in [0.25, 0.3) is 0 Å². The number of halogens is 2. The van der Waals surface area contributed by atoms with Gasteiger partial charge in [-0.1, -0.05) is 23.2 Å². The van der Waals surface area contributed by atoms with Crippen LogP contribution in [0.15, 0.2) is 36.4 Å². The average molecular weight is 382 g/mol. The third-order valence-electron chi connectivity index (χ3n) is 3.76. The van der Waals surface area contributed by atoms with E-state index in [-0.39, 0.29) is 0 Å². The number of nitrogens with one attached hydrogen (secondary N) is 2. The Bertz CT molecular complexity index is 730. The highest BCUT2D eigenvalue weighted by Crippen LogP contribution is 2.26. The molecule has 0 heterocycles. The van der Waals surface area contributed by atoms with E-state index in [0.717, 1.165) is 30.0 Å². The second-order valence-electron chi connectivity index (χ2n) is 5.38. The summed E-state index contributed by atoms with van der Waals surface area (Å²) in [6.45, 7) is 8.35. The standard InChI is InChI=1S/C18H21Cl2N3S/c1-4-23(5-2)14-7-9-17(12(3)10-14)22-18(24)21-13-6-8-15(19)16(20)11-13/h6-11H,4-5H2,1-3H3,(H2,21,22,24). The van der Waals surface area contributed by atoms with Gasteiger partial charge in [-0.3, -0.25) is 0 Å². The van der Waals surface area contributed by atoms with Crippen LogP contribution in [0, 0.1) is 6.92 Å². The number of hydrogen-bond donors (Lipinski definition) is 2. The highest BCUT2D eigenvalue weighted by Gasteiger charge is 2.07. The van der Waals surface area contributed by atoms with Crippen LogP contribution < -0.4 is 15.5 Å². The van der Waals surface area contributed by atoms with Crippen molar-refractivity contribution >= 4 is 57.6 Å². The first kappa shape index (κ1) is 18.8. The van der Waals surface area contributed by atoms with Crippen molar-refractivity contribution in [2.45, 2.75) is 20.8 Å². The molecule has 6 heteroatoms. The summed E-state index contributed by atoms with van der Waals surface area (Å²) in [6.07, 6.45) is 0. The van der Waals surface area contributed by atoms with Crippen LogP contribution in [0.5, 0.6) is 0 Å². The Morgan fingerprint density at radius 2 is 1.71 bits per heavy atom. The predicted octanol–water partition coefficient (Wildman–Crippen LogP) is 5.96. The molecule has 0 amide bonds. The normalized spacial score (nSPS) is 10.4. The molecular formula is C18H21Cl2N3S. The minimum Gasteiger partial charge on any atom is -0.372 e. The van der Waals surface area contributed by atoms with E-state index in [1.807, 2.05) is 12.1 Å². The van der Waals surface area contributed by atoms with Crippen molar-refractivity contribution in [3.63, 3.8) is 0 Å². The monoisotopic (exact) mass is 381 g/mol. The summed E-state index contributed by atoms with van der Waals surface area (Å²) in [5.41, 5.74) is 4.12. The molecule has 0 fully saturated rings. The van der Waals surface area contributed by atoms with E-state index in [0.29, 0.717) is 15.2 Å². The number of benzene rings is 2. The molecule has 0 bridgehead atoms. The smallest absolute Gasteiger partial charge is 0.175 e. The second-order valence-corrected chi connectivity index (χ2v) is 6.60. The van der Waals surface area contributed by atoms with Crippen molar-refractivity contribution in [1.29, 1.82) is 0 Å². The van der Waals surface area contributed by atoms with Crippen LogP contribution in [0.1, 0.15) is 19.4 Å². The highest BCUT2D eigenvalue weighted by atomic mass is 35.5. The molecule has 0 aliphatic rings. The van der Waals surface area contributed by atoms with Gasteiger partial charge >= 0.3 is 0 Å². The molecule has 128 valence electrons. The first-order valence-electron chi connectivity index (χ1n) is 7.83. The maximum atomic E-state index is 6.02. The van der Waals surface area contributed by atoms with E-state index in [1.165, 1.54) is 5.69 Å². The molecule has 0 spiro atoms. The molecule has 0 radical (unpaired) electrons. The van der Waals surface area contributed by atoms with Crippen molar-refractivity contribution in [1.82, 2.24) is 0 Å². The molecule has 0 aliphatic heterocycles. The quantitative estimate of drug-likeness (QED) is 0.624. The van der Waals surface area contributed by atoms with Crippen molar-refractivity contribution in [3.8, 4) is 0 Å². The van der Waals surface area contributed by atoms with Crippen molar-refractivity contribution in [3.05, 3.63) is 52.0 Å². The molecule has 2 aromatic carbocycles. The van der Waals surface area contributed by atoms with Gasteiger partial charge in [-0.2, -0.15) is 0 Å². The van der Waals surface area contributed by atoms with Crippen LogP contribution in [0.4, 0.5) is 17.1 Å². The number of nitrogens with zero attached hydrogens (tertiary/aromatic N) is 1. The fraction of sp³-hybridized carbons (Fsp3) is 0.278. The van der Waals surface area contributed by atoms with Crippen molar-refractivity contribution in [2.75, 3.05) is 28.6 Å². The van der Waals surface area contributed by atoms with Gasteiger partial charge in [0.1, 0.15) is 0 Å². The van der Waals surface area contributed by atoms with Crippen molar-refractivity contribution in [2.24, 2.45) is 0 Å². The molecule has 0 aromatic heterocycles. The number of thiocarbonyl (C=S) groups is 1. The molecule has 2 rings (SSSR count). The van der Waals surface area contributed by atoms with E-state index < -0.39 is 0 Å². The molecule has 3 nitrogen and oxygen atoms in total. The molecule has 0 saturated carbocycles. The number of aryl methyl sites for hydroxylation is 1. The summed E-state index contributed by atoms with van der Waals surface area (Å²) < 4.78 is 0. The predicted molar refractivity (Wildman–Crippen MR) is 111 cm³/mol. The van der Waals surface area contributed by atoms with E-state index >= 15 is 0 Å². The number of hydrogen-bond acceptors (Lipinski definition) is 2. The summed E-state index contributed by atoms with van der Waals surface area (Å²) in [4.78, 5) is 2.31. The zero-order chi connectivity index (χ0) is 17.7. The van der Waals surface area contributed by atoms with Crippen LogP contribution >= 0.6 is 35.4 Å². The summed E-state index contributed by atoms with van der Waals surface area (Å²) in [7, 11) is 0. The Morgan fingerprint density at radius 1 is 1.00 bits per heavy atom. The minimum atomic E-state index is 0.490. The first-order valence-corrected chi connectivity index (χ1v) is 8.99. The average Bonchev–Trinajstić information content (AvgIpc) is 2.54. The van der Waals surface area contributed by atoms with E-state index in [2.05, 4.69) is 48.4 Å². The van der Waals surface area contributed by atoms with Crippen molar-refractivity contribution < 1.29 is 0 Å². The molecular weight excluding hydrogens is 361 g/mol. The lowest BCUT2D eigenvalue weighted by molar-refractivity contribution is 0.866. The fourth-order valence-electron chi connectivity index (χ4n) is 2.43. The lowest BCUT2D eigenvalue weighted by Crippen LogP contribution is -2.22. The molecule has 2 N–H and O–H groups in total. The highest BCUT2D eigenvalue weighted by molar-refractivity contribution is 7.80. The third kappa shape index (κ3) is 4.76. The Kier molecular flexibility index (Phi) is 6.72. The van der Waals surface area contributed by atoms with Crippen LogP contribution in [0.2, 0.25) is 10.0 Å². The topological polar surface area (TPSA) is 27.3 Å². The van der Waals surface area contributed by atoms with Gasteiger partial charge < -0.3 is 15.5 Å². The Morgan fingerprint density at radius 3 is 2.29 bits per heavy atom. The van der Waals surface area contributed by atoms with E-state index in [9.17, 15) is 0 Å². The molecule has 0 unspecified atom stereocenters. The number of rotatable bonds is 5. The van der Waals surface area contributed by atoms with Gasteiger partial charge in [0, 0.05) is 30.2 Å². The van der Waals surface area contributed by atoms with Gasteiger partial charge in [0.25, 0.3) is 0 Å².